The Balaban J connectivity index is 0.00000182. The van der Waals surface area contributed by atoms with Gasteiger partial charge in [-0.15, -0.1) is 35.0 Å². The molecule has 10 heteroatoms. The Morgan fingerprint density at radius 3 is 2.33 bits per heavy atom. The summed E-state index contributed by atoms with van der Waals surface area (Å²) in [6, 6.07) is 10.0. The zero-order chi connectivity index (χ0) is 18.0. The van der Waals surface area contributed by atoms with Crippen molar-refractivity contribution < 1.29 is 4.74 Å². The molecule has 0 aliphatic heterocycles. The lowest BCUT2D eigenvalue weighted by molar-refractivity contribution is 0.414. The van der Waals surface area contributed by atoms with Crippen molar-refractivity contribution >= 4 is 37.0 Å². The van der Waals surface area contributed by atoms with Crippen LogP contribution in [0.15, 0.2) is 35.4 Å². The molecule has 0 saturated carbocycles. The molecular formula is C17H23Cl2N7O. The predicted octanol–water partition coefficient (Wildman–Crippen LogP) is 3.01. The van der Waals surface area contributed by atoms with Crippen LogP contribution in [-0.4, -0.2) is 32.8 Å². The van der Waals surface area contributed by atoms with Gasteiger partial charge < -0.3 is 15.1 Å². The summed E-state index contributed by atoms with van der Waals surface area (Å²) < 4.78 is 8.72. The molecule has 0 bridgehead atoms. The summed E-state index contributed by atoms with van der Waals surface area (Å²) in [4.78, 5) is 0. The highest BCUT2D eigenvalue weighted by molar-refractivity contribution is 5.85. The second-order valence-corrected chi connectivity index (χ2v) is 5.67. The number of aromatic nitrogens is 4. The number of hydrazone groups is 1. The lowest BCUT2D eigenvalue weighted by Gasteiger charge is -2.10. The number of benzene rings is 1. The minimum absolute atomic E-state index is 0. The molecule has 0 saturated heterocycles. The maximum atomic E-state index is 5.78. The van der Waals surface area contributed by atoms with Gasteiger partial charge in [-0.1, -0.05) is 0 Å². The van der Waals surface area contributed by atoms with Gasteiger partial charge in [-0.2, -0.15) is 5.10 Å². The molecule has 0 aliphatic carbocycles. The van der Waals surface area contributed by atoms with Crippen LogP contribution < -0.4 is 16.0 Å². The second kappa shape index (κ2) is 9.29. The number of anilines is 1. The van der Waals surface area contributed by atoms with Crippen molar-refractivity contribution in [2.75, 3.05) is 18.4 Å². The normalized spacial score (nSPS) is 10.4. The van der Waals surface area contributed by atoms with E-state index in [0.29, 0.717) is 11.8 Å². The molecule has 0 radical (unpaired) electrons. The first kappa shape index (κ1) is 22.3. The molecule has 0 atom stereocenters. The second-order valence-electron chi connectivity index (χ2n) is 5.67. The number of methoxy groups -OCH3 is 1. The molecule has 0 amide bonds. The maximum Gasteiger partial charge on any atom is 0.263 e. The lowest BCUT2D eigenvalue weighted by atomic mass is 10.2. The summed E-state index contributed by atoms with van der Waals surface area (Å²) in [5.41, 5.74) is 7.07. The number of hydrogen-bond acceptors (Lipinski definition) is 6. The van der Waals surface area contributed by atoms with Gasteiger partial charge in [0.2, 0.25) is 0 Å². The highest BCUT2D eigenvalue weighted by atomic mass is 35.5. The van der Waals surface area contributed by atoms with E-state index in [2.05, 4.69) is 38.3 Å². The van der Waals surface area contributed by atoms with E-state index in [9.17, 15) is 0 Å². The molecule has 3 aromatic rings. The molecular weight excluding hydrogens is 389 g/mol. The van der Waals surface area contributed by atoms with E-state index < -0.39 is 0 Å². The van der Waals surface area contributed by atoms with Crippen LogP contribution >= 0.6 is 24.8 Å². The lowest BCUT2D eigenvalue weighted by Crippen LogP contribution is -2.13. The fourth-order valence-electron chi connectivity index (χ4n) is 2.65. The highest BCUT2D eigenvalue weighted by Crippen LogP contribution is 2.22. The number of aryl methyl sites for hydroxylation is 2. The van der Waals surface area contributed by atoms with Crippen molar-refractivity contribution in [1.29, 1.82) is 0 Å². The third-order valence-electron chi connectivity index (χ3n) is 4.04. The summed E-state index contributed by atoms with van der Waals surface area (Å²) in [6.45, 7) is 5.88. The van der Waals surface area contributed by atoms with E-state index in [1.54, 1.807) is 20.2 Å². The molecule has 146 valence electrons. The Bertz CT molecular complexity index is 916. The number of nitrogens with one attached hydrogen (secondary N) is 1. The predicted molar refractivity (Wildman–Crippen MR) is 112 cm³/mol. The SMILES string of the molecule is COc1ccc(-n2c(C)cc(C=NNc3nnc(C)n3N)c2C)cc1.Cl.Cl. The van der Waals surface area contributed by atoms with Crippen molar-refractivity contribution in [3.8, 4) is 11.4 Å². The summed E-state index contributed by atoms with van der Waals surface area (Å²) in [5.74, 6) is 7.61. The summed E-state index contributed by atoms with van der Waals surface area (Å²) in [6.07, 6.45) is 1.74. The largest absolute Gasteiger partial charge is 0.497 e. The first-order valence-electron chi connectivity index (χ1n) is 7.81. The van der Waals surface area contributed by atoms with Gasteiger partial charge in [-0.3, -0.25) is 0 Å². The topological polar surface area (TPSA) is 95.3 Å². The molecule has 2 aromatic heterocycles. The van der Waals surface area contributed by atoms with Crippen LogP contribution in [0.2, 0.25) is 0 Å². The zero-order valence-corrected chi connectivity index (χ0v) is 17.1. The van der Waals surface area contributed by atoms with Gasteiger partial charge in [0.05, 0.1) is 13.3 Å². The first-order valence-corrected chi connectivity index (χ1v) is 7.81. The van der Waals surface area contributed by atoms with Gasteiger partial charge in [-0.05, 0) is 51.1 Å². The average molecular weight is 412 g/mol. The fourth-order valence-corrected chi connectivity index (χ4v) is 2.65. The number of halogens is 2. The monoisotopic (exact) mass is 411 g/mol. The number of ether oxygens (including phenoxy) is 1. The quantitative estimate of drug-likeness (QED) is 0.382. The van der Waals surface area contributed by atoms with E-state index in [-0.39, 0.29) is 24.8 Å². The number of hydrogen-bond donors (Lipinski definition) is 2. The Hall–Kier alpha value is -2.71. The fraction of sp³-hybridized carbons (Fsp3) is 0.235. The van der Waals surface area contributed by atoms with E-state index in [1.165, 1.54) is 4.68 Å². The van der Waals surface area contributed by atoms with Crippen LogP contribution in [0.3, 0.4) is 0 Å². The van der Waals surface area contributed by atoms with Gasteiger partial charge in [0.1, 0.15) is 5.75 Å². The molecule has 27 heavy (non-hydrogen) atoms. The van der Waals surface area contributed by atoms with Crippen LogP contribution in [-0.2, 0) is 0 Å². The van der Waals surface area contributed by atoms with Crippen molar-refractivity contribution in [2.24, 2.45) is 5.10 Å². The molecule has 0 unspecified atom stereocenters. The Kier molecular flexibility index (Phi) is 7.68. The smallest absolute Gasteiger partial charge is 0.263 e. The van der Waals surface area contributed by atoms with Crippen LogP contribution in [0.5, 0.6) is 5.75 Å². The molecule has 8 nitrogen and oxygen atoms in total. The number of nitrogens with two attached hydrogens (primary N) is 1. The van der Waals surface area contributed by atoms with Gasteiger partial charge in [0, 0.05) is 22.6 Å². The standard InChI is InChI=1S/C17H21N7O.2ClH/c1-11-9-14(10-19-21-17-22-20-13(3)24(17)18)12(2)23(11)15-5-7-16(25-4)8-6-15;;/h5-10H,18H2,1-4H3,(H,21,22);2*1H. The summed E-state index contributed by atoms with van der Waals surface area (Å²) in [7, 11) is 1.66. The van der Waals surface area contributed by atoms with E-state index >= 15 is 0 Å². The summed E-state index contributed by atoms with van der Waals surface area (Å²) >= 11 is 0. The van der Waals surface area contributed by atoms with Crippen LogP contribution in [0.25, 0.3) is 5.69 Å². The molecule has 0 spiro atoms. The molecule has 3 N–H and O–H groups in total. The Morgan fingerprint density at radius 2 is 1.78 bits per heavy atom. The van der Waals surface area contributed by atoms with Gasteiger partial charge in [-0.25, -0.2) is 10.1 Å². The average Bonchev–Trinajstić information content (AvgIpc) is 3.08. The van der Waals surface area contributed by atoms with Crippen molar-refractivity contribution in [2.45, 2.75) is 20.8 Å². The summed E-state index contributed by atoms with van der Waals surface area (Å²) in [5, 5.41) is 12.0. The Labute approximate surface area is 170 Å². The molecule has 1 aromatic carbocycles. The molecule has 0 aliphatic rings. The van der Waals surface area contributed by atoms with E-state index in [1.807, 2.05) is 31.2 Å². The first-order chi connectivity index (χ1) is 12.0. The van der Waals surface area contributed by atoms with Gasteiger partial charge >= 0.3 is 0 Å². The number of rotatable bonds is 5. The van der Waals surface area contributed by atoms with E-state index in [4.69, 9.17) is 10.6 Å². The van der Waals surface area contributed by atoms with E-state index in [0.717, 1.165) is 28.4 Å². The van der Waals surface area contributed by atoms with Gasteiger partial charge in [0.15, 0.2) is 5.82 Å². The van der Waals surface area contributed by atoms with Crippen LogP contribution in [0.4, 0.5) is 5.95 Å². The van der Waals surface area contributed by atoms with Gasteiger partial charge in [0.25, 0.3) is 5.95 Å². The third-order valence-corrected chi connectivity index (χ3v) is 4.04. The Morgan fingerprint density at radius 1 is 1.11 bits per heavy atom. The number of nitrogens with zero attached hydrogens (tertiary/aromatic N) is 5. The zero-order valence-electron chi connectivity index (χ0n) is 15.5. The number of nitrogen functional groups attached to an aromatic ring is 1. The molecule has 3 rings (SSSR count). The third kappa shape index (κ3) is 4.53. The highest BCUT2D eigenvalue weighted by Gasteiger charge is 2.10. The van der Waals surface area contributed by atoms with Crippen molar-refractivity contribution in [3.05, 3.63) is 53.1 Å². The van der Waals surface area contributed by atoms with Crippen LogP contribution in [0, 0.1) is 20.8 Å². The minimum Gasteiger partial charge on any atom is -0.497 e. The van der Waals surface area contributed by atoms with Crippen LogP contribution in [0.1, 0.15) is 22.8 Å². The van der Waals surface area contributed by atoms with Crippen molar-refractivity contribution in [3.63, 3.8) is 0 Å². The maximum absolute atomic E-state index is 5.78. The minimum atomic E-state index is 0. The molecule has 0 fully saturated rings. The molecule has 2 heterocycles. The van der Waals surface area contributed by atoms with Crippen molar-refractivity contribution in [1.82, 2.24) is 19.4 Å².